The molecule has 7 heteroatoms. The molecule has 88 valence electrons. The lowest BCUT2D eigenvalue weighted by Crippen LogP contribution is -2.18. The molecule has 0 fully saturated rings. The molecule has 0 aromatic heterocycles. The van der Waals surface area contributed by atoms with Crippen LogP contribution in [0.5, 0.6) is 5.75 Å². The van der Waals surface area contributed by atoms with Crippen LogP contribution in [0.2, 0.25) is 0 Å². The van der Waals surface area contributed by atoms with Crippen LogP contribution in [-0.4, -0.2) is 19.5 Å². The van der Waals surface area contributed by atoms with Gasteiger partial charge in [0.25, 0.3) is 0 Å². The van der Waals surface area contributed by atoms with Crippen molar-refractivity contribution >= 4 is 16.9 Å². The number of carbonyl (C=O) groups excluding carboxylic acids is 1. The lowest BCUT2D eigenvalue weighted by atomic mass is 10.1. The molecule has 0 bridgehead atoms. The van der Waals surface area contributed by atoms with Gasteiger partial charge in [0.15, 0.2) is 0 Å². The summed E-state index contributed by atoms with van der Waals surface area (Å²) in [6.45, 7) is 0. The summed E-state index contributed by atoms with van der Waals surface area (Å²) in [5.41, 5.74) is 0.848. The number of phenolic OH excluding ortho intramolecular Hbond substituents is 1. The fourth-order valence-corrected chi connectivity index (χ4v) is 1.22. The first-order valence-electron chi connectivity index (χ1n) is 4.45. The Morgan fingerprint density at radius 1 is 1.31 bits per heavy atom. The van der Waals surface area contributed by atoms with E-state index in [1.54, 1.807) is 17.0 Å². The van der Waals surface area contributed by atoms with Crippen molar-refractivity contribution < 1.29 is 23.2 Å². The van der Waals surface area contributed by atoms with E-state index in [1.807, 2.05) is 0 Å². The lowest BCUT2D eigenvalue weighted by molar-refractivity contribution is -0.146. The average molecular weight is 245 g/mol. The summed E-state index contributed by atoms with van der Waals surface area (Å²) in [5.74, 6) is -0.511. The molecular formula is C9H11NO5S. The molecule has 0 aliphatic heterocycles. The summed E-state index contributed by atoms with van der Waals surface area (Å²) < 4.78 is 20.1. The number of phenols is 1. The van der Waals surface area contributed by atoms with Crippen LogP contribution < -0.4 is 4.89 Å². The minimum atomic E-state index is -2.93. The second-order valence-electron chi connectivity index (χ2n) is 2.99. The Bertz CT molecular complexity index is 418. The highest BCUT2D eigenvalue weighted by Crippen LogP contribution is 2.11. The molecule has 2 N–H and O–H groups in total. The molecule has 0 aliphatic carbocycles. The van der Waals surface area contributed by atoms with Crippen LogP contribution in [0.15, 0.2) is 24.3 Å². The lowest BCUT2D eigenvalue weighted by Gasteiger charge is -2.01. The maximum Gasteiger partial charge on any atom is 0.326 e. The highest BCUT2D eigenvalue weighted by molar-refractivity contribution is 7.70. The zero-order valence-electron chi connectivity index (χ0n) is 8.25. The second-order valence-corrected chi connectivity index (χ2v) is 3.69. The standard InChI is InChI=1S/C9H11NO5S/c11-8-4-1-7(2-5-8)3-6-9(12)15-10-16(13)14/h1-2,4-5,11,16H,3,6H2,(H,10,13,14). The Morgan fingerprint density at radius 3 is 2.50 bits per heavy atom. The molecule has 1 aromatic rings. The predicted molar refractivity (Wildman–Crippen MR) is 56.0 cm³/mol. The smallest absolute Gasteiger partial charge is 0.326 e. The van der Waals surface area contributed by atoms with Gasteiger partial charge >= 0.3 is 5.97 Å². The third kappa shape index (κ3) is 4.76. The van der Waals surface area contributed by atoms with Gasteiger partial charge in [-0.15, -0.1) is 0 Å². The van der Waals surface area contributed by atoms with Crippen molar-refractivity contribution in [1.29, 1.82) is 0 Å². The minimum absolute atomic E-state index is 0.0565. The van der Waals surface area contributed by atoms with Crippen molar-refractivity contribution in [3.8, 4) is 5.75 Å². The van der Waals surface area contributed by atoms with Gasteiger partial charge in [-0.05, 0) is 29.0 Å². The van der Waals surface area contributed by atoms with Gasteiger partial charge in [-0.25, -0.2) is 8.42 Å². The van der Waals surface area contributed by atoms with Gasteiger partial charge in [0.2, 0.25) is 10.9 Å². The maximum absolute atomic E-state index is 11.0. The van der Waals surface area contributed by atoms with E-state index in [-0.39, 0.29) is 12.2 Å². The topological polar surface area (TPSA) is 92.7 Å². The van der Waals surface area contributed by atoms with E-state index in [9.17, 15) is 13.2 Å². The molecule has 0 spiro atoms. The van der Waals surface area contributed by atoms with Gasteiger partial charge in [-0.3, -0.25) is 4.79 Å². The summed E-state index contributed by atoms with van der Waals surface area (Å²) in [6.07, 6.45) is 0.470. The number of aromatic hydroxyl groups is 1. The highest BCUT2D eigenvalue weighted by Gasteiger charge is 2.04. The van der Waals surface area contributed by atoms with Crippen LogP contribution in [0.1, 0.15) is 12.0 Å². The Kier molecular flexibility index (Phi) is 4.74. The number of rotatable bonds is 5. The monoisotopic (exact) mass is 245 g/mol. The van der Waals surface area contributed by atoms with Crippen LogP contribution in [0.3, 0.4) is 0 Å². The quantitative estimate of drug-likeness (QED) is 0.497. The van der Waals surface area contributed by atoms with E-state index in [4.69, 9.17) is 5.11 Å². The Labute approximate surface area is 93.9 Å². The van der Waals surface area contributed by atoms with E-state index in [1.165, 1.54) is 12.1 Å². The van der Waals surface area contributed by atoms with Crippen molar-refractivity contribution in [2.75, 3.05) is 0 Å². The number of hydrogen-bond acceptors (Lipinski definition) is 5. The zero-order chi connectivity index (χ0) is 12.0. The third-order valence-electron chi connectivity index (χ3n) is 1.79. The largest absolute Gasteiger partial charge is 0.508 e. The molecular weight excluding hydrogens is 234 g/mol. The SMILES string of the molecule is O=C(CCc1ccc(O)cc1)ON[SH](=O)=O. The summed E-state index contributed by atoms with van der Waals surface area (Å²) in [7, 11) is -2.93. The van der Waals surface area contributed by atoms with E-state index >= 15 is 0 Å². The Balaban J connectivity index is 2.34. The van der Waals surface area contributed by atoms with Crippen LogP contribution in [-0.2, 0) is 26.9 Å². The predicted octanol–water partition coefficient (Wildman–Crippen LogP) is -0.101. The van der Waals surface area contributed by atoms with Gasteiger partial charge in [0.1, 0.15) is 5.75 Å². The Hall–Kier alpha value is -1.60. The van der Waals surface area contributed by atoms with Crippen molar-refractivity contribution in [2.24, 2.45) is 0 Å². The zero-order valence-corrected chi connectivity index (χ0v) is 9.15. The number of hydrogen-bond donors (Lipinski definition) is 3. The molecule has 0 saturated carbocycles. The van der Waals surface area contributed by atoms with Gasteiger partial charge in [-0.2, -0.15) is 0 Å². The first kappa shape index (κ1) is 12.5. The Morgan fingerprint density at radius 2 is 1.94 bits per heavy atom. The van der Waals surface area contributed by atoms with Gasteiger partial charge in [-0.1, -0.05) is 12.1 Å². The summed E-state index contributed by atoms with van der Waals surface area (Å²) in [6, 6.07) is 6.36. The molecule has 16 heavy (non-hydrogen) atoms. The number of carbonyl (C=O) groups is 1. The second kappa shape index (κ2) is 6.09. The molecule has 1 rings (SSSR count). The molecule has 0 radical (unpaired) electrons. The van der Waals surface area contributed by atoms with Crippen LogP contribution in [0.4, 0.5) is 0 Å². The van der Waals surface area contributed by atoms with Crippen LogP contribution in [0, 0.1) is 0 Å². The van der Waals surface area contributed by atoms with Gasteiger partial charge in [0.05, 0.1) is 6.42 Å². The maximum atomic E-state index is 11.0. The summed E-state index contributed by atoms with van der Waals surface area (Å²) in [5, 5.41) is 9.01. The van der Waals surface area contributed by atoms with Gasteiger partial charge < -0.3 is 9.94 Å². The number of aryl methyl sites for hydroxylation is 1. The van der Waals surface area contributed by atoms with Crippen LogP contribution >= 0.6 is 0 Å². The molecule has 0 saturated heterocycles. The first-order chi connectivity index (χ1) is 7.58. The van der Waals surface area contributed by atoms with Crippen molar-refractivity contribution in [3.63, 3.8) is 0 Å². The molecule has 1 aromatic carbocycles. The molecule has 6 nitrogen and oxygen atoms in total. The summed E-state index contributed by atoms with van der Waals surface area (Å²) in [4.78, 5) is 16.8. The van der Waals surface area contributed by atoms with Crippen molar-refractivity contribution in [2.45, 2.75) is 12.8 Å². The third-order valence-corrected chi connectivity index (χ3v) is 2.03. The minimum Gasteiger partial charge on any atom is -0.508 e. The number of nitrogens with one attached hydrogen (secondary N) is 1. The molecule has 0 atom stereocenters. The number of benzene rings is 1. The van der Waals surface area contributed by atoms with E-state index < -0.39 is 16.9 Å². The number of thiol groups is 1. The van der Waals surface area contributed by atoms with Gasteiger partial charge in [0, 0.05) is 0 Å². The van der Waals surface area contributed by atoms with Crippen LogP contribution in [0.25, 0.3) is 0 Å². The summed E-state index contributed by atoms with van der Waals surface area (Å²) >= 11 is 0. The van der Waals surface area contributed by atoms with E-state index in [2.05, 4.69) is 4.84 Å². The highest BCUT2D eigenvalue weighted by atomic mass is 32.2. The average Bonchev–Trinajstić information content (AvgIpc) is 2.25. The molecule has 0 aliphatic rings. The molecule has 0 unspecified atom stereocenters. The first-order valence-corrected chi connectivity index (χ1v) is 5.63. The molecule has 0 amide bonds. The fourth-order valence-electron chi connectivity index (χ4n) is 1.05. The normalized spacial score (nSPS) is 10.3. The fraction of sp³-hybridized carbons (Fsp3) is 0.222. The van der Waals surface area contributed by atoms with E-state index in [0.717, 1.165) is 5.56 Å². The van der Waals surface area contributed by atoms with Crippen molar-refractivity contribution in [3.05, 3.63) is 29.8 Å². The van der Waals surface area contributed by atoms with E-state index in [0.29, 0.717) is 6.42 Å². The van der Waals surface area contributed by atoms with Crippen molar-refractivity contribution in [1.82, 2.24) is 4.89 Å². The molecule has 0 heterocycles.